The van der Waals surface area contributed by atoms with Crippen LogP contribution in [0.15, 0.2) is 35.0 Å². The Hall–Kier alpha value is -3.23. The van der Waals surface area contributed by atoms with Gasteiger partial charge in [-0.15, -0.1) is 5.10 Å². The molecule has 0 saturated carbocycles. The first-order chi connectivity index (χ1) is 14.1. The number of hydrogen-bond donors (Lipinski definition) is 2. The lowest BCUT2D eigenvalue weighted by Gasteiger charge is -2.21. The molecule has 4 rings (SSSR count). The van der Waals surface area contributed by atoms with Crippen LogP contribution in [0, 0.1) is 5.41 Å². The van der Waals surface area contributed by atoms with E-state index in [1.807, 2.05) is 35.1 Å². The molecule has 152 valence electrons. The molecule has 0 aliphatic carbocycles. The zero-order valence-corrected chi connectivity index (χ0v) is 16.6. The summed E-state index contributed by atoms with van der Waals surface area (Å²) in [6, 6.07) is 7.93. The summed E-state index contributed by atoms with van der Waals surface area (Å²) in [6.45, 7) is 3.59. The first-order valence-electron chi connectivity index (χ1n) is 10.1. The van der Waals surface area contributed by atoms with Crippen molar-refractivity contribution < 1.29 is 4.52 Å². The normalized spacial score (nSPS) is 16.4. The molecule has 0 radical (unpaired) electrons. The third-order valence-electron chi connectivity index (χ3n) is 5.22. The van der Waals surface area contributed by atoms with Crippen molar-refractivity contribution in [2.75, 3.05) is 6.54 Å². The van der Waals surface area contributed by atoms with Gasteiger partial charge in [-0.05, 0) is 31.2 Å². The Morgan fingerprint density at radius 2 is 2.14 bits per heavy atom. The molecule has 1 fully saturated rings. The van der Waals surface area contributed by atoms with E-state index in [1.165, 1.54) is 0 Å². The highest BCUT2D eigenvalue weighted by Crippen LogP contribution is 2.31. The van der Waals surface area contributed by atoms with Gasteiger partial charge in [0.25, 0.3) is 0 Å². The standard InChI is InChI=1S/C20H26N8O/c1-2-3-5-16-13-27(26-24-16)12-14-7-9-15(10-8-14)18-23-19(29-25-18)17-6-4-11-28(17)20(21)22/h7-10,13,17H,2-6,11-12H2,1H3,(H3,21,22)/t17-/m0/s1. The summed E-state index contributed by atoms with van der Waals surface area (Å²) in [7, 11) is 0. The number of benzene rings is 1. The highest BCUT2D eigenvalue weighted by molar-refractivity contribution is 5.75. The van der Waals surface area contributed by atoms with E-state index in [1.54, 1.807) is 4.90 Å². The number of aromatic nitrogens is 5. The summed E-state index contributed by atoms with van der Waals surface area (Å²) in [5.74, 6) is 1.10. The molecule has 1 atom stereocenters. The van der Waals surface area contributed by atoms with Crippen molar-refractivity contribution in [1.82, 2.24) is 30.0 Å². The molecule has 1 aliphatic rings. The van der Waals surface area contributed by atoms with Crippen LogP contribution < -0.4 is 5.73 Å². The third kappa shape index (κ3) is 4.28. The second-order valence-corrected chi connectivity index (χ2v) is 7.40. The Labute approximate surface area is 169 Å². The van der Waals surface area contributed by atoms with Crippen LogP contribution in [-0.2, 0) is 13.0 Å². The maximum absolute atomic E-state index is 7.69. The number of hydrogen-bond acceptors (Lipinski definition) is 6. The molecule has 1 aliphatic heterocycles. The lowest BCUT2D eigenvalue weighted by Crippen LogP contribution is -2.35. The van der Waals surface area contributed by atoms with Crippen LogP contribution in [0.25, 0.3) is 11.4 Å². The zero-order valence-electron chi connectivity index (χ0n) is 16.6. The maximum Gasteiger partial charge on any atom is 0.249 e. The predicted octanol–water partition coefficient (Wildman–Crippen LogP) is 2.75. The molecular weight excluding hydrogens is 368 g/mol. The molecule has 2 aromatic heterocycles. The van der Waals surface area contributed by atoms with Gasteiger partial charge in [0.2, 0.25) is 11.7 Å². The minimum absolute atomic E-state index is 0.0440. The molecule has 9 heteroatoms. The molecule has 1 saturated heterocycles. The summed E-state index contributed by atoms with van der Waals surface area (Å²) in [5, 5.41) is 20.2. The van der Waals surface area contributed by atoms with Crippen molar-refractivity contribution in [3.8, 4) is 11.4 Å². The smallest absolute Gasteiger partial charge is 0.249 e. The molecule has 0 bridgehead atoms. The van der Waals surface area contributed by atoms with Gasteiger partial charge in [-0.2, -0.15) is 4.98 Å². The van der Waals surface area contributed by atoms with Gasteiger partial charge >= 0.3 is 0 Å². The highest BCUT2D eigenvalue weighted by Gasteiger charge is 2.31. The zero-order chi connectivity index (χ0) is 20.2. The average Bonchev–Trinajstić information content (AvgIpc) is 3.47. The second-order valence-electron chi connectivity index (χ2n) is 7.40. The average molecular weight is 394 g/mol. The molecule has 0 spiro atoms. The van der Waals surface area contributed by atoms with E-state index >= 15 is 0 Å². The second kappa shape index (κ2) is 8.42. The van der Waals surface area contributed by atoms with Crippen LogP contribution in [0.5, 0.6) is 0 Å². The fourth-order valence-electron chi connectivity index (χ4n) is 3.63. The van der Waals surface area contributed by atoms with Gasteiger partial charge in [-0.3, -0.25) is 5.41 Å². The molecule has 1 aromatic carbocycles. The first-order valence-corrected chi connectivity index (χ1v) is 10.1. The SMILES string of the molecule is CCCCc1cn(Cc2ccc(-c3noc([C@@H]4CCCN4C(=N)N)n3)cc2)nn1. The number of rotatable bonds is 7. The molecular formula is C20H26N8O. The van der Waals surface area contributed by atoms with Crippen LogP contribution in [0.4, 0.5) is 0 Å². The summed E-state index contributed by atoms with van der Waals surface area (Å²) in [5.41, 5.74) is 8.71. The van der Waals surface area contributed by atoms with E-state index in [2.05, 4.69) is 27.4 Å². The Kier molecular flexibility index (Phi) is 5.55. The number of nitrogens with two attached hydrogens (primary N) is 1. The van der Waals surface area contributed by atoms with Crippen LogP contribution in [0.1, 0.15) is 55.8 Å². The lowest BCUT2D eigenvalue weighted by molar-refractivity contribution is 0.283. The summed E-state index contributed by atoms with van der Waals surface area (Å²) in [6.07, 6.45) is 7.08. The number of nitrogens with one attached hydrogen (secondary N) is 1. The number of likely N-dealkylation sites (tertiary alicyclic amines) is 1. The maximum atomic E-state index is 7.69. The van der Waals surface area contributed by atoms with E-state index in [4.69, 9.17) is 15.7 Å². The van der Waals surface area contributed by atoms with E-state index in [9.17, 15) is 0 Å². The molecule has 0 unspecified atom stereocenters. The van der Waals surface area contributed by atoms with Gasteiger partial charge < -0.3 is 15.2 Å². The predicted molar refractivity (Wildman–Crippen MR) is 108 cm³/mol. The number of unbranched alkanes of at least 4 members (excludes halogenated alkanes) is 1. The molecule has 9 nitrogen and oxygen atoms in total. The summed E-state index contributed by atoms with van der Waals surface area (Å²) < 4.78 is 7.33. The molecule has 29 heavy (non-hydrogen) atoms. The van der Waals surface area contributed by atoms with Gasteiger partial charge in [-0.1, -0.05) is 48.0 Å². The number of aryl methyl sites for hydroxylation is 1. The third-order valence-corrected chi connectivity index (χ3v) is 5.22. The largest absolute Gasteiger partial charge is 0.370 e. The van der Waals surface area contributed by atoms with Gasteiger partial charge in [0, 0.05) is 18.3 Å². The van der Waals surface area contributed by atoms with Crippen molar-refractivity contribution in [2.45, 2.75) is 51.6 Å². The van der Waals surface area contributed by atoms with E-state index in [0.29, 0.717) is 18.3 Å². The molecule has 3 aromatic rings. The van der Waals surface area contributed by atoms with Crippen LogP contribution >= 0.6 is 0 Å². The Morgan fingerprint density at radius 3 is 2.90 bits per heavy atom. The quantitative estimate of drug-likeness (QED) is 0.466. The van der Waals surface area contributed by atoms with E-state index in [-0.39, 0.29) is 12.0 Å². The summed E-state index contributed by atoms with van der Waals surface area (Å²) in [4.78, 5) is 6.34. The van der Waals surface area contributed by atoms with Crippen molar-refractivity contribution in [3.05, 3.63) is 47.6 Å². The fraction of sp³-hybridized carbons (Fsp3) is 0.450. The van der Waals surface area contributed by atoms with Crippen molar-refractivity contribution in [3.63, 3.8) is 0 Å². The molecule has 3 N–H and O–H groups in total. The minimum Gasteiger partial charge on any atom is -0.370 e. The van der Waals surface area contributed by atoms with Crippen molar-refractivity contribution in [2.24, 2.45) is 5.73 Å². The van der Waals surface area contributed by atoms with Gasteiger partial charge in [-0.25, -0.2) is 4.68 Å². The monoisotopic (exact) mass is 394 g/mol. The Morgan fingerprint density at radius 1 is 1.31 bits per heavy atom. The van der Waals surface area contributed by atoms with Crippen LogP contribution in [0.2, 0.25) is 0 Å². The molecule has 3 heterocycles. The Bertz CT molecular complexity index is 961. The lowest BCUT2D eigenvalue weighted by atomic mass is 10.1. The molecule has 0 amide bonds. The topological polar surface area (TPSA) is 123 Å². The van der Waals surface area contributed by atoms with Crippen LogP contribution in [-0.4, -0.2) is 42.5 Å². The highest BCUT2D eigenvalue weighted by atomic mass is 16.5. The minimum atomic E-state index is -0.109. The van der Waals surface area contributed by atoms with Crippen molar-refractivity contribution >= 4 is 5.96 Å². The number of guanidine groups is 1. The van der Waals surface area contributed by atoms with Crippen LogP contribution in [0.3, 0.4) is 0 Å². The number of nitrogens with zero attached hydrogens (tertiary/aromatic N) is 6. The van der Waals surface area contributed by atoms with Crippen molar-refractivity contribution in [1.29, 1.82) is 5.41 Å². The van der Waals surface area contributed by atoms with E-state index in [0.717, 1.165) is 55.5 Å². The van der Waals surface area contributed by atoms with Gasteiger partial charge in [0.1, 0.15) is 6.04 Å². The van der Waals surface area contributed by atoms with Gasteiger partial charge in [0.15, 0.2) is 5.96 Å². The van der Waals surface area contributed by atoms with Gasteiger partial charge in [0.05, 0.1) is 12.2 Å². The Balaban J connectivity index is 1.42. The first kappa shape index (κ1) is 19.1. The fourth-order valence-corrected chi connectivity index (χ4v) is 3.63. The van der Waals surface area contributed by atoms with E-state index < -0.39 is 0 Å². The summed E-state index contributed by atoms with van der Waals surface area (Å²) >= 11 is 0.